The number of anilines is 1. The Kier molecular flexibility index (Phi) is 6.20. The molecule has 128 valence electrons. The number of hydrogen-bond donors (Lipinski definition) is 1. The first-order chi connectivity index (χ1) is 11.5. The van der Waals surface area contributed by atoms with Gasteiger partial charge in [0.25, 0.3) is 5.91 Å². The summed E-state index contributed by atoms with van der Waals surface area (Å²) in [6.07, 6.45) is 0. The highest BCUT2D eigenvalue weighted by Crippen LogP contribution is 2.37. The molecule has 0 aliphatic heterocycles. The highest BCUT2D eigenvalue weighted by Gasteiger charge is 2.16. The number of nitrogens with one attached hydrogen (secondary N) is 1. The minimum atomic E-state index is -0.314. The van der Waals surface area contributed by atoms with Gasteiger partial charge in [0, 0.05) is 11.3 Å². The van der Waals surface area contributed by atoms with Crippen LogP contribution < -0.4 is 14.8 Å². The van der Waals surface area contributed by atoms with Gasteiger partial charge in [0.05, 0.1) is 17.7 Å². The van der Waals surface area contributed by atoms with E-state index in [1.807, 2.05) is 13.8 Å². The summed E-state index contributed by atoms with van der Waals surface area (Å²) >= 11 is 3.41. The van der Waals surface area contributed by atoms with Crippen molar-refractivity contribution in [3.63, 3.8) is 0 Å². The number of ether oxygens (including phenoxy) is 2. The molecule has 0 aromatic heterocycles. The van der Waals surface area contributed by atoms with E-state index in [0.29, 0.717) is 46.0 Å². The second kappa shape index (κ2) is 8.15. The molecule has 0 saturated carbocycles. The quantitative estimate of drug-likeness (QED) is 0.752. The molecule has 2 rings (SSSR count). The molecule has 2 aromatic carbocycles. The predicted octanol–water partition coefficient (Wildman–Crippen LogP) is 4.95. The van der Waals surface area contributed by atoms with Crippen molar-refractivity contribution in [3.05, 3.63) is 51.7 Å². The number of aryl methyl sites for hydroxylation is 1. The summed E-state index contributed by atoms with van der Waals surface area (Å²) in [6.45, 7) is 6.32. The average Bonchev–Trinajstić information content (AvgIpc) is 2.54. The molecular weight excluding hydrogens is 377 g/mol. The lowest BCUT2D eigenvalue weighted by molar-refractivity contribution is 0.102. The van der Waals surface area contributed by atoms with E-state index < -0.39 is 0 Å². The number of amides is 1. The van der Waals surface area contributed by atoms with Crippen molar-refractivity contribution >= 4 is 27.5 Å². The molecule has 0 radical (unpaired) electrons. The summed E-state index contributed by atoms with van der Waals surface area (Å²) in [5.41, 5.74) is 1.41. The summed E-state index contributed by atoms with van der Waals surface area (Å²) in [7, 11) is 0. The van der Waals surface area contributed by atoms with Crippen LogP contribution in [0, 0.1) is 12.7 Å². The Hall–Kier alpha value is -2.08. The molecule has 0 heterocycles. The molecule has 0 saturated heterocycles. The first kappa shape index (κ1) is 18.3. The second-order valence-electron chi connectivity index (χ2n) is 5.07. The molecule has 0 fully saturated rings. The van der Waals surface area contributed by atoms with E-state index in [4.69, 9.17) is 9.47 Å². The van der Waals surface area contributed by atoms with Gasteiger partial charge in [0.1, 0.15) is 5.82 Å². The minimum Gasteiger partial charge on any atom is -0.490 e. The first-order valence-corrected chi connectivity index (χ1v) is 8.42. The van der Waals surface area contributed by atoms with E-state index in [1.54, 1.807) is 25.1 Å². The third-order valence-electron chi connectivity index (χ3n) is 3.28. The molecular formula is C18H19BrFNO3. The van der Waals surface area contributed by atoms with E-state index in [1.165, 1.54) is 12.1 Å². The van der Waals surface area contributed by atoms with E-state index in [9.17, 15) is 9.18 Å². The number of rotatable bonds is 6. The Bertz CT molecular complexity index is 749. The van der Waals surface area contributed by atoms with Crippen LogP contribution in [0.15, 0.2) is 34.8 Å². The van der Waals surface area contributed by atoms with Gasteiger partial charge in [0.2, 0.25) is 0 Å². The Balaban J connectivity index is 2.29. The Morgan fingerprint density at radius 2 is 1.88 bits per heavy atom. The summed E-state index contributed by atoms with van der Waals surface area (Å²) in [4.78, 5) is 12.5. The van der Waals surface area contributed by atoms with Crippen LogP contribution in [0.3, 0.4) is 0 Å². The van der Waals surface area contributed by atoms with Crippen LogP contribution in [0.1, 0.15) is 29.8 Å². The van der Waals surface area contributed by atoms with Gasteiger partial charge in [-0.3, -0.25) is 4.79 Å². The van der Waals surface area contributed by atoms with Crippen LogP contribution in [0.5, 0.6) is 11.5 Å². The lowest BCUT2D eigenvalue weighted by atomic mass is 10.1. The SMILES string of the molecule is CCOc1cc(C(=O)Nc2ccc(F)c(C)c2)cc(Br)c1OCC. The van der Waals surface area contributed by atoms with Gasteiger partial charge in [0.15, 0.2) is 11.5 Å². The maximum atomic E-state index is 13.3. The molecule has 1 N–H and O–H groups in total. The molecule has 24 heavy (non-hydrogen) atoms. The molecule has 1 amide bonds. The maximum Gasteiger partial charge on any atom is 0.255 e. The summed E-state index contributed by atoms with van der Waals surface area (Å²) in [5, 5.41) is 2.75. The van der Waals surface area contributed by atoms with Crippen molar-refractivity contribution in [2.75, 3.05) is 18.5 Å². The van der Waals surface area contributed by atoms with E-state index in [2.05, 4.69) is 21.2 Å². The van der Waals surface area contributed by atoms with Crippen molar-refractivity contribution in [1.82, 2.24) is 0 Å². The standard InChI is InChI=1S/C18H19BrFNO3/c1-4-23-16-10-12(9-14(19)17(16)24-5-2)18(22)21-13-6-7-15(20)11(3)8-13/h6-10H,4-5H2,1-3H3,(H,21,22). The normalized spacial score (nSPS) is 10.4. The van der Waals surface area contributed by atoms with Crippen molar-refractivity contribution in [2.24, 2.45) is 0 Å². The lowest BCUT2D eigenvalue weighted by Gasteiger charge is -2.14. The molecule has 2 aromatic rings. The van der Waals surface area contributed by atoms with Crippen molar-refractivity contribution in [3.8, 4) is 11.5 Å². The van der Waals surface area contributed by atoms with E-state index >= 15 is 0 Å². The summed E-state index contributed by atoms with van der Waals surface area (Å²) in [5.74, 6) is 0.434. The van der Waals surface area contributed by atoms with Crippen LogP contribution in [0.4, 0.5) is 10.1 Å². The van der Waals surface area contributed by atoms with Crippen molar-refractivity contribution in [1.29, 1.82) is 0 Å². The largest absolute Gasteiger partial charge is 0.490 e. The minimum absolute atomic E-state index is 0.310. The zero-order chi connectivity index (χ0) is 17.7. The van der Waals surface area contributed by atoms with Gasteiger partial charge in [-0.1, -0.05) is 0 Å². The highest BCUT2D eigenvalue weighted by molar-refractivity contribution is 9.10. The number of carbonyl (C=O) groups excluding carboxylic acids is 1. The van der Waals surface area contributed by atoms with Crippen LogP contribution >= 0.6 is 15.9 Å². The smallest absolute Gasteiger partial charge is 0.255 e. The third-order valence-corrected chi connectivity index (χ3v) is 3.87. The third kappa shape index (κ3) is 4.26. The van der Waals surface area contributed by atoms with Crippen LogP contribution in [0.25, 0.3) is 0 Å². The fourth-order valence-corrected chi connectivity index (χ4v) is 2.73. The lowest BCUT2D eigenvalue weighted by Crippen LogP contribution is -2.13. The monoisotopic (exact) mass is 395 g/mol. The zero-order valence-corrected chi connectivity index (χ0v) is 15.4. The average molecular weight is 396 g/mol. The summed E-state index contributed by atoms with van der Waals surface area (Å²) < 4.78 is 25.1. The van der Waals surface area contributed by atoms with Gasteiger partial charge in [-0.05, 0) is 72.6 Å². The highest BCUT2D eigenvalue weighted by atomic mass is 79.9. The van der Waals surface area contributed by atoms with Gasteiger partial charge in [-0.25, -0.2) is 4.39 Å². The van der Waals surface area contributed by atoms with Crippen LogP contribution in [-0.2, 0) is 0 Å². The first-order valence-electron chi connectivity index (χ1n) is 7.62. The fourth-order valence-electron chi connectivity index (χ4n) is 2.17. The molecule has 6 heteroatoms. The van der Waals surface area contributed by atoms with Gasteiger partial charge in [-0.15, -0.1) is 0 Å². The molecule has 0 unspecified atom stereocenters. The van der Waals surface area contributed by atoms with E-state index in [-0.39, 0.29) is 11.7 Å². The predicted molar refractivity (Wildman–Crippen MR) is 95.6 cm³/mol. The zero-order valence-electron chi connectivity index (χ0n) is 13.8. The van der Waals surface area contributed by atoms with Gasteiger partial charge >= 0.3 is 0 Å². The number of carbonyl (C=O) groups is 1. The van der Waals surface area contributed by atoms with Gasteiger partial charge in [-0.2, -0.15) is 0 Å². The maximum absolute atomic E-state index is 13.3. The summed E-state index contributed by atoms with van der Waals surface area (Å²) in [6, 6.07) is 7.72. The van der Waals surface area contributed by atoms with Crippen LogP contribution in [-0.4, -0.2) is 19.1 Å². The fraction of sp³-hybridized carbons (Fsp3) is 0.278. The van der Waals surface area contributed by atoms with Crippen LogP contribution in [0.2, 0.25) is 0 Å². The van der Waals surface area contributed by atoms with Crippen molar-refractivity contribution in [2.45, 2.75) is 20.8 Å². The number of halogens is 2. The van der Waals surface area contributed by atoms with E-state index in [0.717, 1.165) is 0 Å². The Morgan fingerprint density at radius 1 is 1.17 bits per heavy atom. The molecule has 0 atom stereocenters. The second-order valence-corrected chi connectivity index (χ2v) is 5.92. The molecule has 0 aliphatic carbocycles. The topological polar surface area (TPSA) is 47.6 Å². The molecule has 0 aliphatic rings. The molecule has 0 bridgehead atoms. The Morgan fingerprint density at radius 3 is 2.50 bits per heavy atom. The van der Waals surface area contributed by atoms with Crippen molar-refractivity contribution < 1.29 is 18.7 Å². The molecule has 0 spiro atoms. The number of benzene rings is 2. The van der Waals surface area contributed by atoms with Gasteiger partial charge < -0.3 is 14.8 Å². The Labute approximate surface area is 149 Å². The molecule has 4 nitrogen and oxygen atoms in total. The number of hydrogen-bond acceptors (Lipinski definition) is 3.